The highest BCUT2D eigenvalue weighted by molar-refractivity contribution is 4.93. The molecule has 0 aromatic heterocycles. The molecule has 70 valence electrons. The van der Waals surface area contributed by atoms with Crippen LogP contribution in [0.5, 0.6) is 0 Å². The van der Waals surface area contributed by atoms with Crippen LogP contribution in [0.2, 0.25) is 0 Å². The lowest BCUT2D eigenvalue weighted by molar-refractivity contribution is 0.331. The van der Waals surface area contributed by atoms with E-state index in [1.165, 1.54) is 32.1 Å². The SMILES string of the molecule is CC(C)(C)CC[C@H]1C=CCCC1. The number of rotatable bonds is 2. The lowest BCUT2D eigenvalue weighted by Crippen LogP contribution is -2.09. The lowest BCUT2D eigenvalue weighted by Gasteiger charge is -2.22. The summed E-state index contributed by atoms with van der Waals surface area (Å²) in [6.45, 7) is 7.00. The van der Waals surface area contributed by atoms with Crippen molar-refractivity contribution < 1.29 is 0 Å². The van der Waals surface area contributed by atoms with Crippen molar-refractivity contribution >= 4 is 0 Å². The smallest absolute Gasteiger partial charge is 0.0233 e. The predicted octanol–water partition coefficient (Wildman–Crippen LogP) is 4.17. The minimum atomic E-state index is 0.519. The van der Waals surface area contributed by atoms with E-state index in [9.17, 15) is 0 Å². The Morgan fingerprint density at radius 1 is 1.33 bits per heavy atom. The Morgan fingerprint density at radius 2 is 2.08 bits per heavy atom. The van der Waals surface area contributed by atoms with E-state index in [4.69, 9.17) is 0 Å². The van der Waals surface area contributed by atoms with Crippen LogP contribution in [0.25, 0.3) is 0 Å². The van der Waals surface area contributed by atoms with E-state index in [0.29, 0.717) is 5.41 Å². The van der Waals surface area contributed by atoms with Crippen LogP contribution in [0, 0.1) is 11.3 Å². The molecule has 0 heterocycles. The zero-order valence-corrected chi connectivity index (χ0v) is 8.77. The van der Waals surface area contributed by atoms with Crippen LogP contribution in [0.15, 0.2) is 12.2 Å². The molecular formula is C12H22. The van der Waals surface area contributed by atoms with Crippen LogP contribution in [-0.4, -0.2) is 0 Å². The summed E-state index contributed by atoms with van der Waals surface area (Å²) in [4.78, 5) is 0. The van der Waals surface area contributed by atoms with Gasteiger partial charge in [0.2, 0.25) is 0 Å². The summed E-state index contributed by atoms with van der Waals surface area (Å²) in [5, 5.41) is 0. The van der Waals surface area contributed by atoms with Crippen LogP contribution >= 0.6 is 0 Å². The summed E-state index contributed by atoms with van der Waals surface area (Å²) < 4.78 is 0. The summed E-state index contributed by atoms with van der Waals surface area (Å²) in [5.41, 5.74) is 0.519. The molecule has 0 unspecified atom stereocenters. The van der Waals surface area contributed by atoms with Gasteiger partial charge in [0.25, 0.3) is 0 Å². The first-order valence-corrected chi connectivity index (χ1v) is 5.24. The highest BCUT2D eigenvalue weighted by Crippen LogP contribution is 2.28. The molecule has 0 bridgehead atoms. The third kappa shape index (κ3) is 3.94. The third-order valence-corrected chi connectivity index (χ3v) is 2.62. The molecule has 0 radical (unpaired) electrons. The van der Waals surface area contributed by atoms with Crippen molar-refractivity contribution in [3.05, 3.63) is 12.2 Å². The third-order valence-electron chi connectivity index (χ3n) is 2.62. The van der Waals surface area contributed by atoms with Crippen molar-refractivity contribution in [2.45, 2.75) is 52.9 Å². The van der Waals surface area contributed by atoms with E-state index in [1.807, 2.05) is 0 Å². The molecule has 1 aliphatic carbocycles. The molecule has 1 aliphatic rings. The number of hydrogen-bond donors (Lipinski definition) is 0. The number of allylic oxidation sites excluding steroid dienone is 2. The molecule has 0 aromatic carbocycles. The Morgan fingerprint density at radius 3 is 2.58 bits per heavy atom. The monoisotopic (exact) mass is 166 g/mol. The maximum atomic E-state index is 2.43. The van der Waals surface area contributed by atoms with Crippen molar-refractivity contribution in [3.8, 4) is 0 Å². The molecule has 0 amide bonds. The first kappa shape index (κ1) is 9.83. The average Bonchev–Trinajstić information content (AvgIpc) is 2.02. The lowest BCUT2D eigenvalue weighted by atomic mass is 9.83. The molecule has 0 fully saturated rings. The van der Waals surface area contributed by atoms with E-state index < -0.39 is 0 Å². The maximum Gasteiger partial charge on any atom is -0.0233 e. The first-order valence-electron chi connectivity index (χ1n) is 5.24. The van der Waals surface area contributed by atoms with Gasteiger partial charge in [-0.1, -0.05) is 32.9 Å². The van der Waals surface area contributed by atoms with Crippen molar-refractivity contribution in [2.24, 2.45) is 11.3 Å². The second-order valence-corrected chi connectivity index (χ2v) is 5.22. The number of hydrogen-bond acceptors (Lipinski definition) is 0. The molecule has 0 saturated carbocycles. The second-order valence-electron chi connectivity index (χ2n) is 5.22. The van der Waals surface area contributed by atoms with Gasteiger partial charge >= 0.3 is 0 Å². The second kappa shape index (κ2) is 4.11. The van der Waals surface area contributed by atoms with Gasteiger partial charge in [-0.15, -0.1) is 0 Å². The Hall–Kier alpha value is -0.260. The van der Waals surface area contributed by atoms with Crippen LogP contribution in [0.3, 0.4) is 0 Å². The Bertz CT molecular complexity index is 148. The summed E-state index contributed by atoms with van der Waals surface area (Å²) >= 11 is 0. The predicted molar refractivity (Wildman–Crippen MR) is 55.2 cm³/mol. The van der Waals surface area contributed by atoms with Gasteiger partial charge < -0.3 is 0 Å². The fourth-order valence-electron chi connectivity index (χ4n) is 1.74. The van der Waals surface area contributed by atoms with Crippen LogP contribution in [-0.2, 0) is 0 Å². The largest absolute Gasteiger partial charge is 0.0883 e. The zero-order chi connectivity index (χ0) is 9.03. The molecule has 1 rings (SSSR count). The fourth-order valence-corrected chi connectivity index (χ4v) is 1.74. The molecule has 0 N–H and O–H groups in total. The van der Waals surface area contributed by atoms with E-state index in [-0.39, 0.29) is 0 Å². The van der Waals surface area contributed by atoms with Crippen LogP contribution in [0.1, 0.15) is 52.9 Å². The van der Waals surface area contributed by atoms with Gasteiger partial charge in [-0.2, -0.15) is 0 Å². The normalized spacial score (nSPS) is 24.4. The van der Waals surface area contributed by atoms with Gasteiger partial charge in [0.05, 0.1) is 0 Å². The van der Waals surface area contributed by atoms with Gasteiger partial charge in [-0.25, -0.2) is 0 Å². The minimum Gasteiger partial charge on any atom is -0.0883 e. The van der Waals surface area contributed by atoms with Gasteiger partial charge in [-0.3, -0.25) is 0 Å². The topological polar surface area (TPSA) is 0 Å². The first-order chi connectivity index (χ1) is 5.58. The van der Waals surface area contributed by atoms with E-state index >= 15 is 0 Å². The average molecular weight is 166 g/mol. The molecule has 0 aromatic rings. The summed E-state index contributed by atoms with van der Waals surface area (Å²) in [6, 6.07) is 0. The molecular weight excluding hydrogens is 144 g/mol. The summed E-state index contributed by atoms with van der Waals surface area (Å²) in [5.74, 6) is 0.887. The quantitative estimate of drug-likeness (QED) is 0.540. The van der Waals surface area contributed by atoms with Crippen LogP contribution < -0.4 is 0 Å². The summed E-state index contributed by atoms with van der Waals surface area (Å²) in [6.07, 6.45) is 11.7. The minimum absolute atomic E-state index is 0.519. The van der Waals surface area contributed by atoms with E-state index in [2.05, 4.69) is 32.9 Å². The Labute approximate surface area is 77.1 Å². The van der Waals surface area contributed by atoms with E-state index in [1.54, 1.807) is 0 Å². The Kier molecular flexibility index (Phi) is 3.37. The standard InChI is InChI=1S/C12H22/c1-12(2,3)10-9-11-7-5-4-6-8-11/h5,7,11H,4,6,8-10H2,1-3H3/t11-/m0/s1. The molecule has 0 heteroatoms. The van der Waals surface area contributed by atoms with Gasteiger partial charge in [0.15, 0.2) is 0 Å². The molecule has 0 nitrogen and oxygen atoms in total. The van der Waals surface area contributed by atoms with Crippen molar-refractivity contribution in [3.63, 3.8) is 0 Å². The van der Waals surface area contributed by atoms with Gasteiger partial charge in [0, 0.05) is 0 Å². The molecule has 1 atom stereocenters. The van der Waals surface area contributed by atoms with E-state index in [0.717, 1.165) is 5.92 Å². The molecule has 0 aliphatic heterocycles. The summed E-state index contributed by atoms with van der Waals surface area (Å²) in [7, 11) is 0. The molecule has 12 heavy (non-hydrogen) atoms. The highest BCUT2D eigenvalue weighted by atomic mass is 14.2. The van der Waals surface area contributed by atoms with Crippen LogP contribution in [0.4, 0.5) is 0 Å². The molecule has 0 spiro atoms. The van der Waals surface area contributed by atoms with Gasteiger partial charge in [-0.05, 0) is 43.4 Å². The molecule has 0 saturated heterocycles. The van der Waals surface area contributed by atoms with Crippen molar-refractivity contribution in [2.75, 3.05) is 0 Å². The Balaban J connectivity index is 2.22. The highest BCUT2D eigenvalue weighted by Gasteiger charge is 2.14. The zero-order valence-electron chi connectivity index (χ0n) is 8.77. The van der Waals surface area contributed by atoms with Gasteiger partial charge in [0.1, 0.15) is 0 Å². The maximum absolute atomic E-state index is 2.43. The van der Waals surface area contributed by atoms with Crippen molar-refractivity contribution in [1.82, 2.24) is 0 Å². The fraction of sp³-hybridized carbons (Fsp3) is 0.833. The van der Waals surface area contributed by atoms with Crippen molar-refractivity contribution in [1.29, 1.82) is 0 Å².